The Morgan fingerprint density at radius 2 is 2.05 bits per heavy atom. The van der Waals surface area contributed by atoms with E-state index in [9.17, 15) is 0 Å². The zero-order valence-corrected chi connectivity index (χ0v) is 15.3. The highest BCUT2D eigenvalue weighted by Gasteiger charge is 2.34. The van der Waals surface area contributed by atoms with Gasteiger partial charge in [-0.05, 0) is 33.1 Å². The lowest BCUT2D eigenvalue weighted by Crippen LogP contribution is -2.58. The number of aromatic nitrogens is 1. The number of rotatable bonds is 5. The van der Waals surface area contributed by atoms with Crippen LogP contribution in [-0.4, -0.2) is 35.1 Å². The van der Waals surface area contributed by atoms with Gasteiger partial charge in [0.05, 0.1) is 10.7 Å². The lowest BCUT2D eigenvalue weighted by atomic mass is 9.95. The number of hydrogen-bond acceptors (Lipinski definition) is 4. The Bertz CT molecular complexity index is 455. The summed E-state index contributed by atoms with van der Waals surface area (Å²) in [6, 6.07) is 1.74. The molecule has 0 aliphatic carbocycles. The number of hydrogen-bond donors (Lipinski definition) is 1. The van der Waals surface area contributed by atoms with Crippen LogP contribution < -0.4 is 5.32 Å². The van der Waals surface area contributed by atoms with Crippen LogP contribution in [0.4, 0.5) is 0 Å². The number of nitrogens with zero attached hydrogens (tertiary/aromatic N) is 2. The van der Waals surface area contributed by atoms with Gasteiger partial charge in [0, 0.05) is 36.1 Å². The van der Waals surface area contributed by atoms with Crippen LogP contribution in [0.5, 0.6) is 0 Å². The standard InChI is InChI=1S/C17H31N3S/c1-7-8-15-10-20(16(9-18-15)11(2)3)13(5)17-12(4)19-14(6)21-17/h11,13,15-16,18H,7-10H2,1-6H3. The molecule has 0 amide bonds. The highest BCUT2D eigenvalue weighted by molar-refractivity contribution is 7.11. The van der Waals surface area contributed by atoms with Gasteiger partial charge in [0.2, 0.25) is 0 Å². The van der Waals surface area contributed by atoms with E-state index in [0.29, 0.717) is 24.0 Å². The first-order chi connectivity index (χ1) is 9.93. The molecule has 1 fully saturated rings. The molecule has 2 heterocycles. The van der Waals surface area contributed by atoms with E-state index in [1.54, 1.807) is 0 Å². The average molecular weight is 310 g/mol. The van der Waals surface area contributed by atoms with Gasteiger partial charge >= 0.3 is 0 Å². The largest absolute Gasteiger partial charge is 0.311 e. The molecule has 4 heteroatoms. The number of thiazole rings is 1. The van der Waals surface area contributed by atoms with Gasteiger partial charge < -0.3 is 5.32 Å². The Morgan fingerprint density at radius 1 is 1.33 bits per heavy atom. The number of aryl methyl sites for hydroxylation is 2. The molecule has 0 aromatic carbocycles. The van der Waals surface area contributed by atoms with Crippen molar-refractivity contribution < 1.29 is 0 Å². The summed E-state index contributed by atoms with van der Waals surface area (Å²) in [7, 11) is 0. The molecule has 3 unspecified atom stereocenters. The summed E-state index contributed by atoms with van der Waals surface area (Å²) in [5, 5.41) is 4.94. The molecule has 3 atom stereocenters. The van der Waals surface area contributed by atoms with E-state index in [4.69, 9.17) is 0 Å². The quantitative estimate of drug-likeness (QED) is 0.893. The number of piperazine rings is 1. The molecule has 1 saturated heterocycles. The molecule has 2 rings (SSSR count). The first-order valence-corrected chi connectivity index (χ1v) is 9.18. The lowest BCUT2D eigenvalue weighted by Gasteiger charge is -2.45. The van der Waals surface area contributed by atoms with Crippen LogP contribution >= 0.6 is 11.3 Å². The van der Waals surface area contributed by atoms with Gasteiger partial charge in [-0.3, -0.25) is 4.90 Å². The predicted molar refractivity (Wildman–Crippen MR) is 92.0 cm³/mol. The predicted octanol–water partition coefficient (Wildman–Crippen LogP) is 3.92. The van der Waals surface area contributed by atoms with E-state index >= 15 is 0 Å². The van der Waals surface area contributed by atoms with Gasteiger partial charge in [-0.15, -0.1) is 11.3 Å². The number of nitrogens with one attached hydrogen (secondary N) is 1. The molecule has 1 aliphatic rings. The van der Waals surface area contributed by atoms with E-state index < -0.39 is 0 Å². The van der Waals surface area contributed by atoms with Gasteiger partial charge in [-0.1, -0.05) is 27.2 Å². The van der Waals surface area contributed by atoms with Crippen molar-refractivity contribution in [3.05, 3.63) is 15.6 Å². The maximum absolute atomic E-state index is 4.63. The van der Waals surface area contributed by atoms with Gasteiger partial charge in [0.1, 0.15) is 0 Å². The zero-order chi connectivity index (χ0) is 15.6. The monoisotopic (exact) mass is 309 g/mol. The SMILES string of the molecule is CCCC1CN(C(C)c2sc(C)nc2C)C(C(C)C)CN1. The molecular weight excluding hydrogens is 278 g/mol. The summed E-state index contributed by atoms with van der Waals surface area (Å²) in [6.45, 7) is 15.9. The first-order valence-electron chi connectivity index (χ1n) is 8.37. The Balaban J connectivity index is 2.20. The summed E-state index contributed by atoms with van der Waals surface area (Å²) in [5.74, 6) is 0.678. The van der Waals surface area contributed by atoms with Crippen molar-refractivity contribution >= 4 is 11.3 Å². The van der Waals surface area contributed by atoms with Gasteiger partial charge in [0.25, 0.3) is 0 Å². The molecule has 0 spiro atoms. The topological polar surface area (TPSA) is 28.2 Å². The van der Waals surface area contributed by atoms with Gasteiger partial charge in [-0.2, -0.15) is 0 Å². The molecular formula is C17H31N3S. The molecule has 3 nitrogen and oxygen atoms in total. The van der Waals surface area contributed by atoms with Crippen molar-refractivity contribution in [2.24, 2.45) is 5.92 Å². The summed E-state index contributed by atoms with van der Waals surface area (Å²) >= 11 is 1.87. The Kier molecular flexibility index (Phi) is 5.81. The van der Waals surface area contributed by atoms with Crippen molar-refractivity contribution in [3.8, 4) is 0 Å². The van der Waals surface area contributed by atoms with Gasteiger partial charge in [0.15, 0.2) is 0 Å². The van der Waals surface area contributed by atoms with Crippen LogP contribution in [0.1, 0.15) is 62.2 Å². The normalized spacial score (nSPS) is 25.5. The second-order valence-electron chi connectivity index (χ2n) is 6.76. The average Bonchev–Trinajstić information content (AvgIpc) is 2.77. The van der Waals surface area contributed by atoms with Crippen LogP contribution in [-0.2, 0) is 0 Å². The fourth-order valence-electron chi connectivity index (χ4n) is 3.55. The van der Waals surface area contributed by atoms with E-state index in [-0.39, 0.29) is 0 Å². The molecule has 1 aromatic heterocycles. The van der Waals surface area contributed by atoms with Crippen molar-refractivity contribution in [1.82, 2.24) is 15.2 Å². The molecule has 21 heavy (non-hydrogen) atoms. The van der Waals surface area contributed by atoms with Crippen molar-refractivity contribution in [1.29, 1.82) is 0 Å². The molecule has 0 saturated carbocycles. The first kappa shape index (κ1) is 16.9. The molecule has 0 bridgehead atoms. The fraction of sp³-hybridized carbons (Fsp3) is 0.824. The minimum atomic E-state index is 0.477. The Morgan fingerprint density at radius 3 is 2.57 bits per heavy atom. The van der Waals surface area contributed by atoms with Crippen LogP contribution in [0, 0.1) is 19.8 Å². The summed E-state index contributed by atoms with van der Waals surface area (Å²) in [5.41, 5.74) is 1.22. The maximum atomic E-state index is 4.63. The third kappa shape index (κ3) is 3.85. The second kappa shape index (κ2) is 7.21. The smallest absolute Gasteiger partial charge is 0.0900 e. The molecule has 120 valence electrons. The van der Waals surface area contributed by atoms with Crippen LogP contribution in [0.15, 0.2) is 0 Å². The van der Waals surface area contributed by atoms with E-state index in [1.807, 2.05) is 11.3 Å². The maximum Gasteiger partial charge on any atom is 0.0900 e. The lowest BCUT2D eigenvalue weighted by molar-refractivity contribution is 0.0608. The van der Waals surface area contributed by atoms with E-state index in [1.165, 1.54) is 28.4 Å². The van der Waals surface area contributed by atoms with Crippen LogP contribution in [0.3, 0.4) is 0 Å². The van der Waals surface area contributed by atoms with E-state index in [0.717, 1.165) is 13.1 Å². The third-order valence-corrected chi connectivity index (χ3v) is 5.94. The van der Waals surface area contributed by atoms with Crippen LogP contribution in [0.2, 0.25) is 0 Å². The molecule has 1 aromatic rings. The highest BCUT2D eigenvalue weighted by Crippen LogP contribution is 2.33. The zero-order valence-electron chi connectivity index (χ0n) is 14.4. The van der Waals surface area contributed by atoms with E-state index in [2.05, 4.69) is 56.7 Å². The highest BCUT2D eigenvalue weighted by atomic mass is 32.1. The van der Waals surface area contributed by atoms with Crippen molar-refractivity contribution in [2.75, 3.05) is 13.1 Å². The minimum Gasteiger partial charge on any atom is -0.311 e. The summed E-state index contributed by atoms with van der Waals surface area (Å²) in [6.07, 6.45) is 2.53. The summed E-state index contributed by atoms with van der Waals surface area (Å²) in [4.78, 5) is 8.81. The van der Waals surface area contributed by atoms with Gasteiger partial charge in [-0.25, -0.2) is 4.98 Å². The fourth-order valence-corrected chi connectivity index (χ4v) is 4.55. The minimum absolute atomic E-state index is 0.477. The summed E-state index contributed by atoms with van der Waals surface area (Å²) < 4.78 is 0. The molecule has 0 radical (unpaired) electrons. The molecule has 1 aliphatic heterocycles. The Hall–Kier alpha value is -0.450. The van der Waals surface area contributed by atoms with Crippen LogP contribution in [0.25, 0.3) is 0 Å². The third-order valence-electron chi connectivity index (χ3n) is 4.70. The van der Waals surface area contributed by atoms with Crippen molar-refractivity contribution in [3.63, 3.8) is 0 Å². The molecule has 1 N–H and O–H groups in total. The van der Waals surface area contributed by atoms with Crippen molar-refractivity contribution in [2.45, 2.75) is 72.5 Å². The Labute approximate surface area is 134 Å². The second-order valence-corrected chi connectivity index (χ2v) is 8.00.